The maximum Gasteiger partial charge on any atom is 0.206 e. The second kappa shape index (κ2) is 8.19. The summed E-state index contributed by atoms with van der Waals surface area (Å²) in [5, 5.41) is 16.7. The lowest BCUT2D eigenvalue weighted by molar-refractivity contribution is 0.437. The van der Waals surface area contributed by atoms with E-state index >= 15 is 0 Å². The molecule has 0 fully saturated rings. The summed E-state index contributed by atoms with van der Waals surface area (Å²) in [6.07, 6.45) is 3.28. The number of pyridine rings is 2. The minimum atomic E-state index is -0.807. The van der Waals surface area contributed by atoms with E-state index in [4.69, 9.17) is 4.74 Å². The first-order chi connectivity index (χ1) is 14.5. The molecule has 30 heavy (non-hydrogen) atoms. The van der Waals surface area contributed by atoms with Crippen LogP contribution in [0.2, 0.25) is 0 Å². The van der Waals surface area contributed by atoms with E-state index < -0.39 is 11.6 Å². The number of H-pyrrole nitrogens is 1. The van der Waals surface area contributed by atoms with Gasteiger partial charge in [-0.2, -0.15) is 5.21 Å². The molecule has 0 radical (unpaired) electrons. The first-order valence-electron chi connectivity index (χ1n) is 9.09. The van der Waals surface area contributed by atoms with Crippen LogP contribution in [-0.2, 0) is 0 Å². The Kier molecular flexibility index (Phi) is 5.29. The van der Waals surface area contributed by atoms with Crippen molar-refractivity contribution in [2.75, 3.05) is 5.32 Å². The molecule has 0 saturated heterocycles. The number of nitrogens with one attached hydrogen (secondary N) is 2. The molecular weight excluding hydrogens is 392 g/mol. The number of rotatable bonds is 6. The Bertz CT molecular complexity index is 1150. The van der Waals surface area contributed by atoms with Crippen LogP contribution in [0.1, 0.15) is 25.3 Å². The number of nitrogens with zero attached hydrogens (tertiary/aromatic N) is 5. The van der Waals surface area contributed by atoms with Crippen molar-refractivity contribution >= 4 is 11.6 Å². The highest BCUT2D eigenvalue weighted by Crippen LogP contribution is 2.33. The minimum absolute atomic E-state index is 0.109. The number of aromatic nitrogens is 6. The lowest BCUT2D eigenvalue weighted by Crippen LogP contribution is -2.02. The number of ether oxygens (including phenoxy) is 1. The fourth-order valence-electron chi connectivity index (χ4n) is 2.63. The molecule has 0 atom stereocenters. The number of anilines is 2. The number of aromatic amines is 1. The van der Waals surface area contributed by atoms with Gasteiger partial charge in [0.05, 0.1) is 0 Å². The third-order valence-electron chi connectivity index (χ3n) is 4.27. The molecule has 4 rings (SSSR count). The van der Waals surface area contributed by atoms with Gasteiger partial charge in [0.1, 0.15) is 11.6 Å². The van der Waals surface area contributed by atoms with Gasteiger partial charge in [0.15, 0.2) is 23.1 Å². The van der Waals surface area contributed by atoms with Crippen LogP contribution in [0.25, 0.3) is 11.4 Å². The molecule has 8 nitrogen and oxygen atoms in total. The normalized spacial score (nSPS) is 11.0. The van der Waals surface area contributed by atoms with Crippen molar-refractivity contribution in [1.82, 2.24) is 30.6 Å². The monoisotopic (exact) mass is 409 g/mol. The van der Waals surface area contributed by atoms with Crippen LogP contribution in [0.15, 0.2) is 48.8 Å². The van der Waals surface area contributed by atoms with Gasteiger partial charge in [0.25, 0.3) is 0 Å². The van der Waals surface area contributed by atoms with Gasteiger partial charge in [-0.3, -0.25) is 0 Å². The van der Waals surface area contributed by atoms with Gasteiger partial charge >= 0.3 is 0 Å². The van der Waals surface area contributed by atoms with E-state index in [2.05, 4.69) is 35.9 Å². The largest absolute Gasteiger partial charge is 0.450 e. The van der Waals surface area contributed by atoms with Gasteiger partial charge in [-0.25, -0.2) is 18.7 Å². The van der Waals surface area contributed by atoms with Crippen molar-refractivity contribution in [3.8, 4) is 22.9 Å². The van der Waals surface area contributed by atoms with E-state index in [9.17, 15) is 8.78 Å². The zero-order chi connectivity index (χ0) is 21.1. The number of tetrazole rings is 1. The first-order valence-corrected chi connectivity index (χ1v) is 9.09. The van der Waals surface area contributed by atoms with E-state index in [1.165, 1.54) is 6.07 Å². The molecular formula is C20H17F2N7O. The van der Waals surface area contributed by atoms with E-state index in [1.807, 2.05) is 13.8 Å². The van der Waals surface area contributed by atoms with E-state index in [-0.39, 0.29) is 17.4 Å². The lowest BCUT2D eigenvalue weighted by Gasteiger charge is -2.15. The van der Waals surface area contributed by atoms with Crippen LogP contribution in [0, 0.1) is 11.6 Å². The molecule has 10 heteroatoms. The summed E-state index contributed by atoms with van der Waals surface area (Å²) < 4.78 is 33.0. The summed E-state index contributed by atoms with van der Waals surface area (Å²) in [6, 6.07) is 8.36. The third-order valence-corrected chi connectivity index (χ3v) is 4.27. The Morgan fingerprint density at radius 2 is 1.87 bits per heavy atom. The fourth-order valence-corrected chi connectivity index (χ4v) is 2.63. The Morgan fingerprint density at radius 3 is 2.53 bits per heavy atom. The van der Waals surface area contributed by atoms with Gasteiger partial charge in [-0.1, -0.05) is 13.8 Å². The third kappa shape index (κ3) is 4.22. The molecule has 3 aromatic heterocycles. The van der Waals surface area contributed by atoms with Crippen molar-refractivity contribution in [1.29, 1.82) is 0 Å². The average molecular weight is 409 g/mol. The van der Waals surface area contributed by atoms with Crippen LogP contribution in [0.3, 0.4) is 0 Å². The van der Waals surface area contributed by atoms with Gasteiger partial charge in [-0.05, 0) is 47.0 Å². The molecule has 1 aromatic carbocycles. The highest BCUT2D eigenvalue weighted by molar-refractivity contribution is 5.63. The molecule has 0 aliphatic carbocycles. The smallest absolute Gasteiger partial charge is 0.206 e. The topological polar surface area (TPSA) is 102 Å². The summed E-state index contributed by atoms with van der Waals surface area (Å²) in [4.78, 5) is 8.71. The van der Waals surface area contributed by atoms with Crippen molar-refractivity contribution in [3.63, 3.8) is 0 Å². The van der Waals surface area contributed by atoms with E-state index in [1.54, 1.807) is 30.6 Å². The van der Waals surface area contributed by atoms with Gasteiger partial charge < -0.3 is 10.1 Å². The van der Waals surface area contributed by atoms with Crippen molar-refractivity contribution < 1.29 is 13.5 Å². The zero-order valence-corrected chi connectivity index (χ0v) is 16.1. The molecule has 0 aliphatic rings. The molecule has 0 unspecified atom stereocenters. The zero-order valence-electron chi connectivity index (χ0n) is 16.1. The molecule has 2 N–H and O–H groups in total. The van der Waals surface area contributed by atoms with Crippen molar-refractivity contribution in [2.45, 2.75) is 19.8 Å². The predicted molar refractivity (Wildman–Crippen MR) is 105 cm³/mol. The SMILES string of the molecule is CC(C)c1cnc(Nc2ccc(-c3nn[nH]n3)cn2)c(Oc2ccc(F)cc2F)c1. The summed E-state index contributed by atoms with van der Waals surface area (Å²) in [6.45, 7) is 4.01. The minimum Gasteiger partial charge on any atom is -0.450 e. The van der Waals surface area contributed by atoms with Crippen LogP contribution in [0.5, 0.6) is 11.5 Å². The fraction of sp³-hybridized carbons (Fsp3) is 0.150. The average Bonchev–Trinajstić information content (AvgIpc) is 3.26. The molecule has 0 bridgehead atoms. The quantitative estimate of drug-likeness (QED) is 0.480. The van der Waals surface area contributed by atoms with Gasteiger partial charge in [0, 0.05) is 24.0 Å². The Hall–Kier alpha value is -3.95. The summed E-state index contributed by atoms with van der Waals surface area (Å²) >= 11 is 0. The van der Waals surface area contributed by atoms with Crippen LogP contribution >= 0.6 is 0 Å². The Labute approximate surface area is 170 Å². The van der Waals surface area contributed by atoms with Crippen molar-refractivity contribution in [2.24, 2.45) is 0 Å². The molecule has 0 amide bonds. The highest BCUT2D eigenvalue weighted by Gasteiger charge is 2.14. The molecule has 0 saturated carbocycles. The Balaban J connectivity index is 1.63. The number of halogens is 2. The van der Waals surface area contributed by atoms with Gasteiger partial charge in [0.2, 0.25) is 5.82 Å². The van der Waals surface area contributed by atoms with Crippen LogP contribution in [0.4, 0.5) is 20.4 Å². The standard InChI is InChI=1S/C20H17F2N7O/c1-11(2)13-7-17(30-16-5-4-14(21)8-15(16)22)20(24-10-13)25-18-6-3-12(9-23-18)19-26-28-29-27-19/h3-11H,1-2H3,(H,23,24,25)(H,26,27,28,29). The molecule has 3 heterocycles. The molecule has 0 aliphatic heterocycles. The molecule has 4 aromatic rings. The second-order valence-electron chi connectivity index (χ2n) is 6.74. The predicted octanol–water partition coefficient (Wildman–Crippen LogP) is 4.59. The first kappa shape index (κ1) is 19.4. The van der Waals surface area contributed by atoms with Crippen LogP contribution < -0.4 is 10.1 Å². The Morgan fingerprint density at radius 1 is 1.00 bits per heavy atom. The molecule has 152 valence electrons. The number of benzene rings is 1. The second-order valence-corrected chi connectivity index (χ2v) is 6.74. The number of hydrogen-bond donors (Lipinski definition) is 2. The van der Waals surface area contributed by atoms with Crippen molar-refractivity contribution in [3.05, 3.63) is 66.0 Å². The van der Waals surface area contributed by atoms with Gasteiger partial charge in [-0.15, -0.1) is 10.2 Å². The maximum absolute atomic E-state index is 14.1. The lowest BCUT2D eigenvalue weighted by atomic mass is 10.1. The van der Waals surface area contributed by atoms with Crippen LogP contribution in [-0.4, -0.2) is 30.6 Å². The summed E-state index contributed by atoms with van der Waals surface area (Å²) in [5.41, 5.74) is 1.58. The summed E-state index contributed by atoms with van der Waals surface area (Å²) in [5.74, 6) is 0.109. The van der Waals surface area contributed by atoms with E-state index in [0.717, 1.165) is 17.7 Å². The molecule has 0 spiro atoms. The summed E-state index contributed by atoms with van der Waals surface area (Å²) in [7, 11) is 0. The van der Waals surface area contributed by atoms with E-state index in [0.29, 0.717) is 23.0 Å². The number of hydrogen-bond acceptors (Lipinski definition) is 7. The highest BCUT2D eigenvalue weighted by atomic mass is 19.1. The maximum atomic E-state index is 14.1.